The number of amides is 1. The van der Waals surface area contributed by atoms with Crippen molar-refractivity contribution in [3.63, 3.8) is 0 Å². The second kappa shape index (κ2) is 10.1. The van der Waals surface area contributed by atoms with Gasteiger partial charge in [-0.05, 0) is 42.0 Å². The van der Waals surface area contributed by atoms with E-state index in [1.54, 1.807) is 19.2 Å². The Hall–Kier alpha value is -2.80. The second-order valence-electron chi connectivity index (χ2n) is 6.75. The first kappa shape index (κ1) is 20.9. The predicted molar refractivity (Wildman–Crippen MR) is 115 cm³/mol. The van der Waals surface area contributed by atoms with Crippen molar-refractivity contribution in [1.82, 2.24) is 15.5 Å². The van der Waals surface area contributed by atoms with Crippen LogP contribution in [0.1, 0.15) is 5.56 Å². The lowest BCUT2D eigenvalue weighted by Gasteiger charge is -2.36. The van der Waals surface area contributed by atoms with Gasteiger partial charge in [-0.1, -0.05) is 23.7 Å². The molecule has 29 heavy (non-hydrogen) atoms. The van der Waals surface area contributed by atoms with E-state index in [1.807, 2.05) is 29.2 Å². The van der Waals surface area contributed by atoms with Crippen molar-refractivity contribution in [1.29, 1.82) is 0 Å². The number of guanidine groups is 1. The Morgan fingerprint density at radius 3 is 2.31 bits per heavy atom. The van der Waals surface area contributed by atoms with Gasteiger partial charge in [-0.15, -0.1) is 0 Å². The fourth-order valence-corrected chi connectivity index (χ4v) is 3.27. The van der Waals surface area contributed by atoms with Crippen molar-refractivity contribution in [3.8, 4) is 0 Å². The minimum absolute atomic E-state index is 0.0329. The van der Waals surface area contributed by atoms with Crippen molar-refractivity contribution in [2.24, 2.45) is 4.99 Å². The van der Waals surface area contributed by atoms with E-state index in [-0.39, 0.29) is 18.3 Å². The molecule has 0 aliphatic carbocycles. The van der Waals surface area contributed by atoms with Crippen molar-refractivity contribution in [2.75, 3.05) is 44.7 Å². The van der Waals surface area contributed by atoms with E-state index < -0.39 is 0 Å². The summed E-state index contributed by atoms with van der Waals surface area (Å²) >= 11 is 5.94. The molecule has 1 heterocycles. The molecule has 8 heteroatoms. The topological polar surface area (TPSA) is 60.0 Å². The molecule has 1 fully saturated rings. The molecule has 2 aromatic rings. The van der Waals surface area contributed by atoms with Crippen LogP contribution in [0.5, 0.6) is 0 Å². The number of halogens is 2. The second-order valence-corrected chi connectivity index (χ2v) is 7.19. The first-order valence-electron chi connectivity index (χ1n) is 9.52. The van der Waals surface area contributed by atoms with E-state index in [1.165, 1.54) is 12.1 Å². The number of benzene rings is 2. The molecule has 6 nitrogen and oxygen atoms in total. The van der Waals surface area contributed by atoms with E-state index in [0.29, 0.717) is 25.6 Å². The molecule has 2 aromatic carbocycles. The standard InChI is InChI=1S/C21H25ClFN5O/c1-24-21(25-14-16-2-6-18(23)7-3-16)26-15-20(29)28-12-10-27(11-13-28)19-8-4-17(22)5-9-19/h2-9H,10-15H2,1H3,(H2,24,25,26). The van der Waals surface area contributed by atoms with Crippen LogP contribution in [0.15, 0.2) is 53.5 Å². The molecule has 2 N–H and O–H groups in total. The zero-order chi connectivity index (χ0) is 20.6. The van der Waals surface area contributed by atoms with Crippen LogP contribution in [0, 0.1) is 5.82 Å². The third kappa shape index (κ3) is 6.09. The molecule has 3 rings (SSSR count). The zero-order valence-electron chi connectivity index (χ0n) is 16.4. The lowest BCUT2D eigenvalue weighted by molar-refractivity contribution is -0.130. The summed E-state index contributed by atoms with van der Waals surface area (Å²) < 4.78 is 13.0. The van der Waals surface area contributed by atoms with Gasteiger partial charge in [0.15, 0.2) is 5.96 Å². The highest BCUT2D eigenvalue weighted by molar-refractivity contribution is 6.30. The molecule has 0 bridgehead atoms. The number of nitrogens with zero attached hydrogens (tertiary/aromatic N) is 3. The van der Waals surface area contributed by atoms with Gasteiger partial charge in [0, 0.05) is 50.5 Å². The van der Waals surface area contributed by atoms with Gasteiger partial charge < -0.3 is 20.4 Å². The Morgan fingerprint density at radius 1 is 1.03 bits per heavy atom. The minimum atomic E-state index is -0.266. The number of hydrogen-bond donors (Lipinski definition) is 2. The molecule has 0 saturated carbocycles. The maximum absolute atomic E-state index is 13.0. The Kier molecular flexibility index (Phi) is 7.30. The summed E-state index contributed by atoms with van der Waals surface area (Å²) in [5.41, 5.74) is 2.05. The summed E-state index contributed by atoms with van der Waals surface area (Å²) in [5, 5.41) is 6.88. The molecule has 0 aromatic heterocycles. The summed E-state index contributed by atoms with van der Waals surface area (Å²) in [6.07, 6.45) is 0. The average Bonchev–Trinajstić information content (AvgIpc) is 2.75. The minimum Gasteiger partial charge on any atom is -0.368 e. The van der Waals surface area contributed by atoms with Crippen LogP contribution >= 0.6 is 11.6 Å². The third-order valence-electron chi connectivity index (χ3n) is 4.83. The molecular weight excluding hydrogens is 393 g/mol. The van der Waals surface area contributed by atoms with Gasteiger partial charge in [-0.3, -0.25) is 9.79 Å². The highest BCUT2D eigenvalue weighted by Crippen LogP contribution is 2.19. The van der Waals surface area contributed by atoms with E-state index >= 15 is 0 Å². The molecule has 0 unspecified atom stereocenters. The van der Waals surface area contributed by atoms with E-state index in [9.17, 15) is 9.18 Å². The van der Waals surface area contributed by atoms with Crippen LogP contribution < -0.4 is 15.5 Å². The number of rotatable bonds is 5. The monoisotopic (exact) mass is 417 g/mol. The number of aliphatic imine (C=N–C) groups is 1. The first-order chi connectivity index (χ1) is 14.0. The van der Waals surface area contributed by atoms with Gasteiger partial charge in [0.05, 0.1) is 6.54 Å². The summed E-state index contributed by atoms with van der Waals surface area (Å²) in [5.74, 6) is 0.297. The quantitative estimate of drug-likeness (QED) is 0.579. The molecule has 1 aliphatic rings. The summed E-state index contributed by atoms with van der Waals surface area (Å²) in [6, 6.07) is 14.0. The number of hydrogen-bond acceptors (Lipinski definition) is 3. The zero-order valence-corrected chi connectivity index (χ0v) is 17.1. The summed E-state index contributed by atoms with van der Waals surface area (Å²) in [6.45, 7) is 3.57. The van der Waals surface area contributed by atoms with Crippen LogP contribution in [0.3, 0.4) is 0 Å². The molecule has 154 valence electrons. The van der Waals surface area contributed by atoms with Crippen molar-refractivity contribution in [2.45, 2.75) is 6.54 Å². The highest BCUT2D eigenvalue weighted by Gasteiger charge is 2.21. The summed E-state index contributed by atoms with van der Waals surface area (Å²) in [4.78, 5) is 20.7. The molecule has 1 amide bonds. The molecule has 1 saturated heterocycles. The Morgan fingerprint density at radius 2 is 1.69 bits per heavy atom. The Labute approximate surface area is 175 Å². The van der Waals surface area contributed by atoms with Gasteiger partial charge >= 0.3 is 0 Å². The lowest BCUT2D eigenvalue weighted by atomic mass is 10.2. The molecular formula is C21H25ClFN5O. The van der Waals surface area contributed by atoms with Crippen LogP contribution in [0.4, 0.5) is 10.1 Å². The fourth-order valence-electron chi connectivity index (χ4n) is 3.15. The van der Waals surface area contributed by atoms with Crippen LogP contribution in [0.2, 0.25) is 5.02 Å². The normalized spacial score (nSPS) is 14.7. The van der Waals surface area contributed by atoms with Gasteiger partial charge in [-0.25, -0.2) is 4.39 Å². The molecule has 0 atom stereocenters. The highest BCUT2D eigenvalue weighted by atomic mass is 35.5. The number of carbonyl (C=O) groups excluding carboxylic acids is 1. The molecule has 1 aliphatic heterocycles. The average molecular weight is 418 g/mol. The van der Waals surface area contributed by atoms with Crippen LogP contribution in [-0.4, -0.2) is 56.5 Å². The SMILES string of the molecule is CN=C(NCC(=O)N1CCN(c2ccc(Cl)cc2)CC1)NCc1ccc(F)cc1. The van der Waals surface area contributed by atoms with Gasteiger partial charge in [0.2, 0.25) is 5.91 Å². The van der Waals surface area contributed by atoms with Gasteiger partial charge in [0.1, 0.15) is 5.82 Å². The van der Waals surface area contributed by atoms with E-state index in [4.69, 9.17) is 11.6 Å². The number of piperazine rings is 1. The number of anilines is 1. The van der Waals surface area contributed by atoms with Crippen molar-refractivity contribution < 1.29 is 9.18 Å². The predicted octanol–water partition coefficient (Wildman–Crippen LogP) is 2.49. The van der Waals surface area contributed by atoms with Gasteiger partial charge in [0.25, 0.3) is 0 Å². The smallest absolute Gasteiger partial charge is 0.242 e. The Bertz CT molecular complexity index is 833. The number of nitrogens with one attached hydrogen (secondary N) is 2. The third-order valence-corrected chi connectivity index (χ3v) is 5.08. The number of carbonyl (C=O) groups is 1. The maximum atomic E-state index is 13.0. The molecule has 0 spiro atoms. The van der Waals surface area contributed by atoms with Crippen LogP contribution in [-0.2, 0) is 11.3 Å². The fraction of sp³-hybridized carbons (Fsp3) is 0.333. The van der Waals surface area contributed by atoms with E-state index in [2.05, 4.69) is 20.5 Å². The van der Waals surface area contributed by atoms with Gasteiger partial charge in [-0.2, -0.15) is 0 Å². The molecule has 0 radical (unpaired) electrons. The van der Waals surface area contributed by atoms with Crippen molar-refractivity contribution >= 4 is 29.2 Å². The maximum Gasteiger partial charge on any atom is 0.242 e. The van der Waals surface area contributed by atoms with Crippen molar-refractivity contribution in [3.05, 3.63) is 64.9 Å². The lowest BCUT2D eigenvalue weighted by Crippen LogP contribution is -2.52. The van der Waals surface area contributed by atoms with E-state index in [0.717, 1.165) is 29.4 Å². The summed E-state index contributed by atoms with van der Waals surface area (Å²) in [7, 11) is 1.65. The first-order valence-corrected chi connectivity index (χ1v) is 9.90. The Balaban J connectivity index is 1.41. The van der Waals surface area contributed by atoms with Crippen LogP contribution in [0.25, 0.3) is 0 Å². The largest absolute Gasteiger partial charge is 0.368 e.